The second-order valence-corrected chi connectivity index (χ2v) is 4.63. The molecule has 1 aliphatic heterocycles. The number of fused-ring (bicyclic) bond motifs is 1. The number of aliphatic hydroxyl groups is 1. The molecule has 3 heteroatoms. The van der Waals surface area contributed by atoms with Gasteiger partial charge in [0, 0.05) is 13.0 Å². The highest BCUT2D eigenvalue weighted by atomic mass is 16.3. The fraction of sp³-hybridized carbons (Fsp3) is 0.727. The van der Waals surface area contributed by atoms with Crippen molar-refractivity contribution in [2.75, 3.05) is 0 Å². The topological polar surface area (TPSA) is 38.0 Å². The van der Waals surface area contributed by atoms with Crippen molar-refractivity contribution in [3.05, 3.63) is 17.2 Å². The van der Waals surface area contributed by atoms with Gasteiger partial charge in [-0.05, 0) is 33.6 Å². The van der Waals surface area contributed by atoms with E-state index in [4.69, 9.17) is 0 Å². The molecule has 0 amide bonds. The molecule has 0 spiro atoms. The summed E-state index contributed by atoms with van der Waals surface area (Å²) in [6.45, 7) is 6.66. The third-order valence-electron chi connectivity index (χ3n) is 2.83. The highest BCUT2D eigenvalue weighted by Crippen LogP contribution is 2.27. The smallest absolute Gasteiger partial charge is 0.109 e. The zero-order chi connectivity index (χ0) is 10.3. The maximum absolute atomic E-state index is 10.1. The summed E-state index contributed by atoms with van der Waals surface area (Å²) in [6.07, 6.45) is 3.48. The van der Waals surface area contributed by atoms with Crippen molar-refractivity contribution in [3.8, 4) is 0 Å². The lowest BCUT2D eigenvalue weighted by atomic mass is 10.0. The Kier molecular flexibility index (Phi) is 2.14. The van der Waals surface area contributed by atoms with Crippen molar-refractivity contribution >= 4 is 0 Å². The molecule has 78 valence electrons. The Morgan fingerprint density at radius 1 is 1.36 bits per heavy atom. The summed E-state index contributed by atoms with van der Waals surface area (Å²) in [7, 11) is 0. The molecule has 2 heterocycles. The average molecular weight is 194 g/mol. The van der Waals surface area contributed by atoms with Gasteiger partial charge in [-0.2, -0.15) is 0 Å². The number of imidazole rings is 1. The monoisotopic (exact) mass is 194 g/mol. The van der Waals surface area contributed by atoms with E-state index in [0.717, 1.165) is 30.2 Å². The summed E-state index contributed by atoms with van der Waals surface area (Å²) in [6, 6.07) is 0. The predicted molar refractivity (Wildman–Crippen MR) is 55.1 cm³/mol. The van der Waals surface area contributed by atoms with Crippen LogP contribution in [-0.4, -0.2) is 14.7 Å². The molecule has 0 aromatic carbocycles. The quantitative estimate of drug-likeness (QED) is 0.739. The van der Waals surface area contributed by atoms with Gasteiger partial charge in [0.25, 0.3) is 0 Å². The fourth-order valence-electron chi connectivity index (χ4n) is 2.39. The minimum Gasteiger partial charge on any atom is -0.384 e. The summed E-state index contributed by atoms with van der Waals surface area (Å²) >= 11 is 0. The number of hydrogen-bond donors (Lipinski definition) is 1. The molecule has 0 radical (unpaired) electrons. The highest BCUT2D eigenvalue weighted by Gasteiger charge is 2.27. The highest BCUT2D eigenvalue weighted by molar-refractivity contribution is 5.22. The zero-order valence-corrected chi connectivity index (χ0v) is 9.17. The summed E-state index contributed by atoms with van der Waals surface area (Å²) in [5, 5.41) is 10.1. The molecule has 0 saturated carbocycles. The van der Waals surface area contributed by atoms with Gasteiger partial charge in [-0.1, -0.05) is 0 Å². The van der Waals surface area contributed by atoms with Crippen LogP contribution in [0.2, 0.25) is 0 Å². The minimum absolute atomic E-state index is 0.771. The number of aryl methyl sites for hydroxylation is 2. The molecule has 0 saturated heterocycles. The molecule has 0 unspecified atom stereocenters. The van der Waals surface area contributed by atoms with Crippen LogP contribution in [0.5, 0.6) is 0 Å². The van der Waals surface area contributed by atoms with Crippen LogP contribution in [0, 0.1) is 6.92 Å². The molecule has 14 heavy (non-hydrogen) atoms. The second-order valence-electron chi connectivity index (χ2n) is 4.63. The van der Waals surface area contributed by atoms with Crippen LogP contribution in [0.4, 0.5) is 0 Å². The standard InChI is InChI=1S/C11H18N2O/c1-8-10(11(2,3)14)13-7-5-4-6-9(13)12-8/h14H,4-7H2,1-3H3. The van der Waals surface area contributed by atoms with Crippen LogP contribution in [0.25, 0.3) is 0 Å². The van der Waals surface area contributed by atoms with E-state index < -0.39 is 5.60 Å². The molecule has 0 atom stereocenters. The van der Waals surface area contributed by atoms with Gasteiger partial charge in [0.1, 0.15) is 11.4 Å². The van der Waals surface area contributed by atoms with Gasteiger partial charge < -0.3 is 9.67 Å². The molecule has 1 N–H and O–H groups in total. The van der Waals surface area contributed by atoms with Gasteiger partial charge in [-0.15, -0.1) is 0 Å². The molecular weight excluding hydrogens is 176 g/mol. The van der Waals surface area contributed by atoms with Gasteiger partial charge >= 0.3 is 0 Å². The van der Waals surface area contributed by atoms with Crippen LogP contribution in [0.15, 0.2) is 0 Å². The van der Waals surface area contributed by atoms with Crippen molar-refractivity contribution in [1.82, 2.24) is 9.55 Å². The Morgan fingerprint density at radius 3 is 2.71 bits per heavy atom. The Labute approximate surface area is 84.8 Å². The maximum atomic E-state index is 10.1. The second kappa shape index (κ2) is 3.09. The normalized spacial score (nSPS) is 16.9. The first-order valence-electron chi connectivity index (χ1n) is 5.29. The van der Waals surface area contributed by atoms with Crippen molar-refractivity contribution in [2.45, 2.75) is 52.2 Å². The van der Waals surface area contributed by atoms with E-state index in [-0.39, 0.29) is 0 Å². The lowest BCUT2D eigenvalue weighted by molar-refractivity contribution is 0.0681. The van der Waals surface area contributed by atoms with Crippen LogP contribution in [0.3, 0.4) is 0 Å². The molecule has 1 aliphatic rings. The average Bonchev–Trinajstić information content (AvgIpc) is 2.38. The third-order valence-corrected chi connectivity index (χ3v) is 2.83. The van der Waals surface area contributed by atoms with Crippen LogP contribution in [-0.2, 0) is 18.6 Å². The SMILES string of the molecule is Cc1nc2n(c1C(C)(C)O)CCCC2. The number of rotatable bonds is 1. The molecule has 1 aromatic rings. The van der Waals surface area contributed by atoms with E-state index in [1.54, 1.807) is 0 Å². The van der Waals surface area contributed by atoms with Crippen LogP contribution >= 0.6 is 0 Å². The third kappa shape index (κ3) is 1.46. The molecule has 2 rings (SSSR count). The minimum atomic E-state index is -0.771. The van der Waals surface area contributed by atoms with Gasteiger partial charge in [-0.25, -0.2) is 4.98 Å². The molecule has 1 aromatic heterocycles. The molecule has 0 fully saturated rings. The van der Waals surface area contributed by atoms with Gasteiger partial charge in [0.15, 0.2) is 0 Å². The largest absolute Gasteiger partial charge is 0.384 e. The van der Waals surface area contributed by atoms with E-state index >= 15 is 0 Å². The first-order valence-corrected chi connectivity index (χ1v) is 5.29. The number of hydrogen-bond acceptors (Lipinski definition) is 2. The molecule has 0 aliphatic carbocycles. The van der Waals surface area contributed by atoms with Crippen molar-refractivity contribution in [3.63, 3.8) is 0 Å². The Bertz CT molecular complexity index is 347. The fourth-order valence-corrected chi connectivity index (χ4v) is 2.39. The molecular formula is C11H18N2O. The first-order chi connectivity index (χ1) is 6.50. The van der Waals surface area contributed by atoms with Crippen molar-refractivity contribution in [1.29, 1.82) is 0 Å². The Morgan fingerprint density at radius 2 is 2.07 bits per heavy atom. The summed E-state index contributed by atoms with van der Waals surface area (Å²) in [4.78, 5) is 4.52. The number of aromatic nitrogens is 2. The van der Waals surface area contributed by atoms with E-state index in [1.807, 2.05) is 20.8 Å². The molecule has 3 nitrogen and oxygen atoms in total. The summed E-state index contributed by atoms with van der Waals surface area (Å²) in [5.74, 6) is 1.14. The van der Waals surface area contributed by atoms with Crippen LogP contribution < -0.4 is 0 Å². The maximum Gasteiger partial charge on any atom is 0.109 e. The van der Waals surface area contributed by atoms with E-state index in [9.17, 15) is 5.11 Å². The summed E-state index contributed by atoms with van der Waals surface area (Å²) < 4.78 is 2.19. The predicted octanol–water partition coefficient (Wildman–Crippen LogP) is 1.76. The zero-order valence-electron chi connectivity index (χ0n) is 9.17. The lowest BCUT2D eigenvalue weighted by Gasteiger charge is -2.23. The van der Waals surface area contributed by atoms with E-state index in [2.05, 4.69) is 9.55 Å². The van der Waals surface area contributed by atoms with Gasteiger partial charge in [0.2, 0.25) is 0 Å². The van der Waals surface area contributed by atoms with Crippen LogP contribution in [0.1, 0.15) is 43.9 Å². The van der Waals surface area contributed by atoms with E-state index in [0.29, 0.717) is 0 Å². The summed E-state index contributed by atoms with van der Waals surface area (Å²) in [5.41, 5.74) is 1.20. The molecule has 0 bridgehead atoms. The lowest BCUT2D eigenvalue weighted by Crippen LogP contribution is -2.24. The Balaban J connectivity index is 2.53. The first kappa shape index (κ1) is 9.71. The van der Waals surface area contributed by atoms with Gasteiger partial charge in [-0.3, -0.25) is 0 Å². The number of nitrogens with zero attached hydrogens (tertiary/aromatic N) is 2. The van der Waals surface area contributed by atoms with Crippen molar-refractivity contribution in [2.24, 2.45) is 0 Å². The van der Waals surface area contributed by atoms with Crippen molar-refractivity contribution < 1.29 is 5.11 Å². The Hall–Kier alpha value is -0.830. The van der Waals surface area contributed by atoms with Gasteiger partial charge in [0.05, 0.1) is 11.4 Å². The van der Waals surface area contributed by atoms with E-state index in [1.165, 1.54) is 12.8 Å².